The summed E-state index contributed by atoms with van der Waals surface area (Å²) in [6.45, 7) is 0.483. The number of hydrogen-bond acceptors (Lipinski definition) is 4. The number of ether oxygens (including phenoxy) is 2. The van der Waals surface area contributed by atoms with Gasteiger partial charge in [0.2, 0.25) is 5.90 Å². The molecule has 0 atom stereocenters. The van der Waals surface area contributed by atoms with Gasteiger partial charge in [0.1, 0.15) is 12.4 Å². The van der Waals surface area contributed by atoms with E-state index >= 15 is 0 Å². The molecule has 5 rings (SSSR count). The SMILES string of the molecule is O=C1OC(c2ccc(-c3ccccc3)cc2)=N/C1=C\c1ccc(OCc2ccc(Br)cc2)cc1. The fourth-order valence-electron chi connectivity index (χ4n) is 3.53. The monoisotopic (exact) mass is 509 g/mol. The lowest BCUT2D eigenvalue weighted by Crippen LogP contribution is -2.05. The van der Waals surface area contributed by atoms with E-state index in [2.05, 4.69) is 33.1 Å². The highest BCUT2D eigenvalue weighted by atomic mass is 79.9. The van der Waals surface area contributed by atoms with Crippen LogP contribution in [-0.4, -0.2) is 11.9 Å². The molecule has 0 aliphatic carbocycles. The minimum absolute atomic E-state index is 0.269. The van der Waals surface area contributed by atoms with Crippen LogP contribution >= 0.6 is 15.9 Å². The first kappa shape index (κ1) is 21.9. The zero-order valence-electron chi connectivity index (χ0n) is 18.1. The van der Waals surface area contributed by atoms with Crippen molar-refractivity contribution in [2.24, 2.45) is 4.99 Å². The van der Waals surface area contributed by atoms with Crippen LogP contribution in [0.4, 0.5) is 0 Å². The van der Waals surface area contributed by atoms with E-state index in [-0.39, 0.29) is 5.70 Å². The summed E-state index contributed by atoms with van der Waals surface area (Å²) >= 11 is 3.43. The second-order valence-electron chi connectivity index (χ2n) is 7.76. The maximum atomic E-state index is 12.4. The Bertz CT molecular complexity index is 1360. The number of esters is 1. The lowest BCUT2D eigenvalue weighted by molar-refractivity contribution is -0.129. The van der Waals surface area contributed by atoms with Crippen LogP contribution in [-0.2, 0) is 16.1 Å². The molecule has 0 saturated carbocycles. The Morgan fingerprint density at radius 3 is 2.12 bits per heavy atom. The molecule has 0 aromatic heterocycles. The zero-order valence-corrected chi connectivity index (χ0v) is 19.7. The van der Waals surface area contributed by atoms with Gasteiger partial charge >= 0.3 is 5.97 Å². The second kappa shape index (κ2) is 9.89. The van der Waals surface area contributed by atoms with Gasteiger partial charge in [0, 0.05) is 10.0 Å². The van der Waals surface area contributed by atoms with Gasteiger partial charge in [-0.25, -0.2) is 9.79 Å². The first-order valence-electron chi connectivity index (χ1n) is 10.8. The van der Waals surface area contributed by atoms with Gasteiger partial charge < -0.3 is 9.47 Å². The van der Waals surface area contributed by atoms with Crippen molar-refractivity contribution in [3.05, 3.63) is 130 Å². The Hall–Kier alpha value is -3.96. The molecule has 0 saturated heterocycles. The van der Waals surface area contributed by atoms with Crippen molar-refractivity contribution in [3.63, 3.8) is 0 Å². The summed E-state index contributed by atoms with van der Waals surface area (Å²) in [6, 6.07) is 33.4. The number of benzene rings is 4. The summed E-state index contributed by atoms with van der Waals surface area (Å²) in [5.74, 6) is 0.602. The summed E-state index contributed by atoms with van der Waals surface area (Å²) in [6.07, 6.45) is 1.71. The van der Waals surface area contributed by atoms with Crippen LogP contribution in [0.1, 0.15) is 16.7 Å². The van der Waals surface area contributed by atoms with Crippen molar-refractivity contribution in [3.8, 4) is 16.9 Å². The summed E-state index contributed by atoms with van der Waals surface area (Å²) in [7, 11) is 0. The van der Waals surface area contributed by atoms with Crippen LogP contribution in [0.3, 0.4) is 0 Å². The quantitative estimate of drug-likeness (QED) is 0.207. The van der Waals surface area contributed by atoms with Crippen LogP contribution in [0.25, 0.3) is 17.2 Å². The molecule has 0 spiro atoms. The van der Waals surface area contributed by atoms with Gasteiger partial charge in [0.25, 0.3) is 0 Å². The average molecular weight is 510 g/mol. The van der Waals surface area contributed by atoms with Crippen LogP contribution in [0.5, 0.6) is 5.75 Å². The van der Waals surface area contributed by atoms with E-state index in [1.54, 1.807) is 6.08 Å². The number of rotatable bonds is 6. The van der Waals surface area contributed by atoms with Crippen LogP contribution in [0.15, 0.2) is 118 Å². The lowest BCUT2D eigenvalue weighted by atomic mass is 10.0. The standard InChI is InChI=1S/C29H20BrNO3/c30-25-14-6-21(7-15-25)19-33-26-16-8-20(9-17-26)18-27-29(32)34-28(31-27)24-12-10-23(11-13-24)22-4-2-1-3-5-22/h1-18H,19H2/b27-18-. The summed E-state index contributed by atoms with van der Waals surface area (Å²) < 4.78 is 12.3. The third-order valence-corrected chi connectivity index (χ3v) is 5.89. The molecule has 1 heterocycles. The zero-order chi connectivity index (χ0) is 23.3. The summed E-state index contributed by atoms with van der Waals surface area (Å²) in [5, 5.41) is 0. The maximum Gasteiger partial charge on any atom is 0.363 e. The molecule has 0 unspecified atom stereocenters. The molecule has 1 aliphatic heterocycles. The predicted octanol–water partition coefficient (Wildman–Crippen LogP) is 7.04. The molecular formula is C29H20BrNO3. The number of hydrogen-bond donors (Lipinski definition) is 0. The minimum Gasteiger partial charge on any atom is -0.489 e. The topological polar surface area (TPSA) is 47.9 Å². The predicted molar refractivity (Wildman–Crippen MR) is 137 cm³/mol. The molecule has 4 nitrogen and oxygen atoms in total. The smallest absolute Gasteiger partial charge is 0.363 e. The minimum atomic E-state index is -0.460. The van der Waals surface area contributed by atoms with Crippen LogP contribution < -0.4 is 4.74 Å². The molecule has 34 heavy (non-hydrogen) atoms. The Morgan fingerprint density at radius 2 is 1.41 bits per heavy atom. The molecule has 4 aromatic rings. The van der Waals surface area contributed by atoms with Gasteiger partial charge in [0.15, 0.2) is 5.70 Å². The van der Waals surface area contributed by atoms with E-state index in [0.29, 0.717) is 12.5 Å². The second-order valence-corrected chi connectivity index (χ2v) is 8.68. The number of aliphatic imine (C=N–C) groups is 1. The molecule has 0 bridgehead atoms. The van der Waals surface area contributed by atoms with Gasteiger partial charge in [-0.1, -0.05) is 82.7 Å². The first-order chi connectivity index (χ1) is 16.6. The van der Waals surface area contributed by atoms with Crippen LogP contribution in [0.2, 0.25) is 0 Å². The number of nitrogens with zero attached hydrogens (tertiary/aromatic N) is 1. The van der Waals surface area contributed by atoms with E-state index in [0.717, 1.165) is 38.0 Å². The molecule has 5 heteroatoms. The Kier molecular flexibility index (Phi) is 6.36. The highest BCUT2D eigenvalue weighted by molar-refractivity contribution is 9.10. The molecular weight excluding hydrogens is 490 g/mol. The molecule has 0 fully saturated rings. The molecule has 166 valence electrons. The van der Waals surface area contributed by atoms with Crippen molar-refractivity contribution in [2.75, 3.05) is 0 Å². The third-order valence-electron chi connectivity index (χ3n) is 5.36. The van der Waals surface area contributed by atoms with Crippen molar-refractivity contribution in [1.29, 1.82) is 0 Å². The highest BCUT2D eigenvalue weighted by Crippen LogP contribution is 2.24. The van der Waals surface area contributed by atoms with Crippen molar-refractivity contribution in [2.45, 2.75) is 6.61 Å². The van der Waals surface area contributed by atoms with Crippen molar-refractivity contribution < 1.29 is 14.3 Å². The van der Waals surface area contributed by atoms with E-state index in [1.807, 2.05) is 91.0 Å². The van der Waals surface area contributed by atoms with E-state index in [4.69, 9.17) is 9.47 Å². The Labute approximate surface area is 206 Å². The van der Waals surface area contributed by atoms with Gasteiger partial charge in [-0.3, -0.25) is 0 Å². The fourth-order valence-corrected chi connectivity index (χ4v) is 3.80. The van der Waals surface area contributed by atoms with Crippen molar-refractivity contribution >= 4 is 33.9 Å². The molecule has 0 N–H and O–H groups in total. The highest BCUT2D eigenvalue weighted by Gasteiger charge is 2.24. The van der Waals surface area contributed by atoms with Crippen molar-refractivity contribution in [1.82, 2.24) is 0 Å². The number of cyclic esters (lactones) is 1. The van der Waals surface area contributed by atoms with Gasteiger partial charge in [-0.2, -0.15) is 0 Å². The normalized spacial score (nSPS) is 14.1. The van der Waals surface area contributed by atoms with E-state index in [9.17, 15) is 4.79 Å². The Morgan fingerprint density at radius 1 is 0.765 bits per heavy atom. The average Bonchev–Trinajstić information content (AvgIpc) is 3.25. The first-order valence-corrected chi connectivity index (χ1v) is 11.6. The molecule has 0 amide bonds. The van der Waals surface area contributed by atoms with Gasteiger partial charge in [-0.15, -0.1) is 0 Å². The van der Waals surface area contributed by atoms with E-state index in [1.165, 1.54) is 0 Å². The Balaban J connectivity index is 1.26. The largest absolute Gasteiger partial charge is 0.489 e. The summed E-state index contributed by atoms with van der Waals surface area (Å²) in [4.78, 5) is 16.8. The number of carbonyl (C=O) groups excluding carboxylic acids is 1. The van der Waals surface area contributed by atoms with Crippen LogP contribution in [0, 0.1) is 0 Å². The lowest BCUT2D eigenvalue weighted by Gasteiger charge is -2.06. The molecule has 1 aliphatic rings. The fraction of sp³-hybridized carbons (Fsp3) is 0.0345. The summed E-state index contributed by atoms with van der Waals surface area (Å²) in [5.41, 5.74) is 5.17. The molecule has 0 radical (unpaired) electrons. The maximum absolute atomic E-state index is 12.4. The number of halogens is 1. The third kappa shape index (κ3) is 5.16. The van der Waals surface area contributed by atoms with E-state index < -0.39 is 5.97 Å². The van der Waals surface area contributed by atoms with Gasteiger partial charge in [0.05, 0.1) is 0 Å². The van der Waals surface area contributed by atoms with Gasteiger partial charge in [-0.05, 0) is 64.7 Å². The molecule has 4 aromatic carbocycles. The number of carbonyl (C=O) groups is 1.